The highest BCUT2D eigenvalue weighted by atomic mass is 19.1. The number of alkyl halides is 1. The summed E-state index contributed by atoms with van der Waals surface area (Å²) < 4.78 is 69.6. The average molecular weight is 1650 g/mol. The zero-order valence-electron chi connectivity index (χ0n) is 74.9. The first-order chi connectivity index (χ1) is 57.0. The van der Waals surface area contributed by atoms with Gasteiger partial charge in [0.1, 0.15) is 46.1 Å². The van der Waals surface area contributed by atoms with Crippen molar-refractivity contribution in [3.8, 4) is 28.7 Å². The number of likely N-dealkylation sites (tertiary alicyclic amines) is 9. The molecule has 19 nitrogen and oxygen atoms in total. The second-order valence-corrected chi connectivity index (χ2v) is 36.1. The van der Waals surface area contributed by atoms with Crippen LogP contribution in [-0.4, -0.2) is 257 Å². The number of nitrogens with zero attached hydrogens (tertiary/aromatic N) is 9. The molecule has 22 heteroatoms. The van der Waals surface area contributed by atoms with Crippen molar-refractivity contribution in [2.45, 2.75) is 251 Å². The molecular formula is C97H142F3N9O10. The van der Waals surface area contributed by atoms with E-state index in [-0.39, 0.29) is 52.5 Å². The second-order valence-electron chi connectivity index (χ2n) is 36.1. The second kappa shape index (κ2) is 44.2. The largest absolute Gasteiger partial charge is 0.496 e. The molecule has 0 aromatic heterocycles. The molecule has 9 heterocycles. The Kier molecular flexibility index (Phi) is 34.7. The van der Waals surface area contributed by atoms with E-state index in [2.05, 4.69) is 61.1 Å². The molecule has 0 bridgehead atoms. The molecular weight excluding hydrogens is 1510 g/mol. The molecule has 5 aromatic rings. The quantitative estimate of drug-likeness (QED) is 0.0768. The maximum atomic E-state index is 14.6. The van der Waals surface area contributed by atoms with Crippen LogP contribution in [0.5, 0.6) is 28.7 Å². The van der Waals surface area contributed by atoms with Crippen LogP contribution in [0.3, 0.4) is 0 Å². The number of hydrogen-bond acceptors (Lipinski definition) is 14. The van der Waals surface area contributed by atoms with Crippen molar-refractivity contribution in [1.82, 2.24) is 44.1 Å². The van der Waals surface area contributed by atoms with Crippen molar-refractivity contribution in [3.05, 3.63) is 146 Å². The number of halogens is 3. The summed E-state index contributed by atoms with van der Waals surface area (Å²) in [7, 11) is 8.12. The van der Waals surface area contributed by atoms with Gasteiger partial charge in [-0.25, -0.2) is 13.2 Å². The minimum atomic E-state index is -1.03. The molecule has 9 aliphatic heterocycles. The third-order valence-electron chi connectivity index (χ3n) is 26.1. The average Bonchev–Trinajstić information content (AvgIpc) is 0.795. The number of methoxy groups -OCH3 is 5. The first-order valence-corrected chi connectivity index (χ1v) is 45.0. The SMILES string of the molecule is COc1cc(C(=O)N2CCC(N3CC(C)(F)C3)CC2)ccc1C(C)C.COc1cc(C(=O)N2CCC(N3CCC3)CC2)ccc1C(C)C.COc1cc(C(=O)N2CCC(N3CCCCC3)CC2)c(F)cc1C(C)C.COc1cc(C(=O)N2CCC(N3CCCCC3)CC2)ccc1C(C)C.COc1cc(C(=O)N2CCCCC2)c(F)cc1C(C)C. The zero-order valence-corrected chi connectivity index (χ0v) is 74.9. The fourth-order valence-electron chi connectivity index (χ4n) is 18.7. The Bertz CT molecular complexity index is 4110. The number of carbonyl (C=O) groups excluding carboxylic acids is 5. The molecule has 0 unspecified atom stereocenters. The van der Waals surface area contributed by atoms with Crippen LogP contribution >= 0.6 is 0 Å². The Balaban J connectivity index is 0.000000157. The fourth-order valence-corrected chi connectivity index (χ4v) is 18.7. The molecule has 5 aromatic carbocycles. The molecule has 0 radical (unpaired) electrons. The number of hydrogen-bond donors (Lipinski definition) is 0. The van der Waals surface area contributed by atoms with Gasteiger partial charge < -0.3 is 62.9 Å². The van der Waals surface area contributed by atoms with Gasteiger partial charge in [-0.15, -0.1) is 0 Å². The van der Waals surface area contributed by atoms with Crippen LogP contribution in [0.2, 0.25) is 0 Å². The highest BCUT2D eigenvalue weighted by Crippen LogP contribution is 2.38. The van der Waals surface area contributed by atoms with E-state index in [9.17, 15) is 37.1 Å². The van der Waals surface area contributed by atoms with E-state index in [1.807, 2.05) is 97.0 Å². The lowest BCUT2D eigenvalue weighted by Gasteiger charge is -2.49. The summed E-state index contributed by atoms with van der Waals surface area (Å²) in [5, 5.41) is 0. The monoisotopic (exact) mass is 1650 g/mol. The summed E-state index contributed by atoms with van der Waals surface area (Å²) in [6.07, 6.45) is 20.6. The normalized spacial score (nSPS) is 19.4. The minimum absolute atomic E-state index is 0.0611. The third kappa shape index (κ3) is 24.5. The highest BCUT2D eigenvalue weighted by molar-refractivity contribution is 5.97. The molecule has 9 aliphatic rings. The highest BCUT2D eigenvalue weighted by Gasteiger charge is 2.43. The van der Waals surface area contributed by atoms with Gasteiger partial charge in [0.2, 0.25) is 0 Å². The molecule has 656 valence electrons. The summed E-state index contributed by atoms with van der Waals surface area (Å²) in [5.41, 5.74) is 6.41. The molecule has 0 spiro atoms. The van der Waals surface area contributed by atoms with Crippen molar-refractivity contribution >= 4 is 29.5 Å². The smallest absolute Gasteiger partial charge is 0.256 e. The van der Waals surface area contributed by atoms with Crippen molar-refractivity contribution in [3.63, 3.8) is 0 Å². The Morgan fingerprint density at radius 2 is 0.538 bits per heavy atom. The molecule has 9 fully saturated rings. The van der Waals surface area contributed by atoms with Gasteiger partial charge in [-0.2, -0.15) is 0 Å². The Morgan fingerprint density at radius 3 is 0.782 bits per heavy atom. The Morgan fingerprint density at radius 1 is 0.303 bits per heavy atom. The van der Waals surface area contributed by atoms with E-state index in [4.69, 9.17) is 23.7 Å². The standard InChI is InChI=1S/C21H31FN2O2.C21H32N2O2.C20H29FN2O2.C19H28N2O2.C16H22FNO2/c1-15(2)17-13-19(22)18(14-20(17)26-3)21(25)24-11-7-16(8-12-24)23-9-5-4-6-10-23;1-16(2)19-8-7-17(15-20(19)25-3)21(24)23-13-9-18(10-14-23)22-11-5-4-6-12-22;1-14(2)17-6-5-15(11-18(17)25-4)19(24)22-9-7-16(8-10-22)23-12-20(3,21)13-23;1-14(2)17-6-5-15(13-18(17)23-3)19(22)21-11-7-16(8-12-21)20-9-4-10-20;1-11(2)12-9-14(17)13(10-15(12)20-3)16(19)18-7-5-4-6-8-18/h13-16H,4-12H2,1-3H3;7-8,15-16,18H,4-6,9-14H2,1-3H3;5-6,11,14,16H,7-10,12-13H2,1-4H3;5-6,13-14,16H,4,7-12H2,1-3H3;9-11H,4-8H2,1-3H3. The Labute approximate surface area is 710 Å². The molecule has 0 N–H and O–H groups in total. The van der Waals surface area contributed by atoms with Gasteiger partial charge in [-0.3, -0.25) is 28.9 Å². The van der Waals surface area contributed by atoms with Gasteiger partial charge in [-0.05, 0) is 267 Å². The summed E-state index contributed by atoms with van der Waals surface area (Å²) >= 11 is 0. The molecule has 119 heavy (non-hydrogen) atoms. The summed E-state index contributed by atoms with van der Waals surface area (Å²) in [5.74, 6) is 4.03. The van der Waals surface area contributed by atoms with Crippen LogP contribution in [0.4, 0.5) is 13.2 Å². The van der Waals surface area contributed by atoms with Crippen LogP contribution in [-0.2, 0) is 0 Å². The van der Waals surface area contributed by atoms with Crippen LogP contribution < -0.4 is 23.7 Å². The first kappa shape index (κ1) is 93.3. The van der Waals surface area contributed by atoms with E-state index < -0.39 is 17.3 Å². The third-order valence-corrected chi connectivity index (χ3v) is 26.1. The lowest BCUT2D eigenvalue weighted by molar-refractivity contribution is -0.0565. The van der Waals surface area contributed by atoms with Crippen molar-refractivity contribution in [1.29, 1.82) is 0 Å². The van der Waals surface area contributed by atoms with Gasteiger partial charge in [0.25, 0.3) is 29.5 Å². The lowest BCUT2D eigenvalue weighted by atomic mass is 9.92. The maximum absolute atomic E-state index is 14.6. The van der Waals surface area contributed by atoms with Gasteiger partial charge in [0.05, 0.1) is 46.7 Å². The van der Waals surface area contributed by atoms with E-state index >= 15 is 0 Å². The summed E-state index contributed by atoms with van der Waals surface area (Å²) in [4.78, 5) is 83.2. The van der Waals surface area contributed by atoms with Crippen LogP contribution in [0, 0.1) is 11.6 Å². The fraction of sp³-hybridized carbons (Fsp3) is 0.639. The topological polar surface area (TPSA) is 161 Å². The minimum Gasteiger partial charge on any atom is -0.496 e. The maximum Gasteiger partial charge on any atom is 0.256 e. The molecule has 0 atom stereocenters. The molecule has 0 aliphatic carbocycles. The van der Waals surface area contributed by atoms with Gasteiger partial charge in [0.15, 0.2) is 0 Å². The molecule has 9 saturated heterocycles. The number of amides is 5. The summed E-state index contributed by atoms with van der Waals surface area (Å²) in [6, 6.07) is 25.9. The predicted molar refractivity (Wildman–Crippen MR) is 469 cm³/mol. The van der Waals surface area contributed by atoms with Crippen LogP contribution in [0.15, 0.2) is 78.9 Å². The zero-order chi connectivity index (χ0) is 85.8. The lowest BCUT2D eigenvalue weighted by Crippen LogP contribution is -2.62. The van der Waals surface area contributed by atoms with Gasteiger partial charge >= 0.3 is 0 Å². The van der Waals surface area contributed by atoms with Crippen LogP contribution in [0.25, 0.3) is 0 Å². The Hall–Kier alpha value is -7.92. The predicted octanol–water partition coefficient (Wildman–Crippen LogP) is 18.1. The van der Waals surface area contributed by atoms with E-state index in [0.29, 0.717) is 98.3 Å². The van der Waals surface area contributed by atoms with Crippen molar-refractivity contribution < 1.29 is 60.8 Å². The van der Waals surface area contributed by atoms with E-state index in [1.54, 1.807) is 64.4 Å². The number of rotatable bonds is 19. The number of carbonyl (C=O) groups is 5. The van der Waals surface area contributed by atoms with E-state index in [1.165, 1.54) is 96.3 Å². The molecule has 0 saturated carbocycles. The van der Waals surface area contributed by atoms with Gasteiger partial charge in [0, 0.05) is 119 Å². The van der Waals surface area contributed by atoms with Crippen LogP contribution in [0.1, 0.15) is 301 Å². The van der Waals surface area contributed by atoms with Crippen molar-refractivity contribution in [2.75, 3.05) is 153 Å². The van der Waals surface area contributed by atoms with E-state index in [0.717, 1.165) is 166 Å². The van der Waals surface area contributed by atoms with Crippen molar-refractivity contribution in [2.24, 2.45) is 0 Å². The molecule has 5 amide bonds. The molecule has 14 rings (SSSR count). The first-order valence-electron chi connectivity index (χ1n) is 45.0. The number of ether oxygens (including phenoxy) is 5. The van der Waals surface area contributed by atoms with Gasteiger partial charge in [-0.1, -0.05) is 100 Å². The summed E-state index contributed by atoms with van der Waals surface area (Å²) in [6.45, 7) is 38.6. The number of benzene rings is 5. The number of piperidine rings is 7.